The fourth-order valence-electron chi connectivity index (χ4n) is 2.25. The lowest BCUT2D eigenvalue weighted by Crippen LogP contribution is -2.37. The van der Waals surface area contributed by atoms with Crippen LogP contribution in [0.4, 0.5) is 0 Å². The van der Waals surface area contributed by atoms with Crippen LogP contribution in [0.15, 0.2) is 24.3 Å². The molecule has 0 atom stereocenters. The van der Waals surface area contributed by atoms with Crippen molar-refractivity contribution in [2.45, 2.75) is 37.8 Å². The van der Waals surface area contributed by atoms with Gasteiger partial charge < -0.3 is 10.4 Å². The lowest BCUT2D eigenvalue weighted by Gasteiger charge is -2.22. The van der Waals surface area contributed by atoms with E-state index in [1.807, 2.05) is 24.3 Å². The molecule has 0 unspecified atom stereocenters. The first-order chi connectivity index (χ1) is 7.68. The first-order valence-corrected chi connectivity index (χ1v) is 6.23. The molecule has 2 nitrogen and oxygen atoms in total. The van der Waals surface area contributed by atoms with Crippen molar-refractivity contribution in [3.05, 3.63) is 34.9 Å². The van der Waals surface area contributed by atoms with Gasteiger partial charge in [-0.15, -0.1) is 0 Å². The number of nitrogens with one attached hydrogen (secondary N) is 1. The minimum atomic E-state index is -0.466. The van der Waals surface area contributed by atoms with E-state index < -0.39 is 5.60 Å². The summed E-state index contributed by atoms with van der Waals surface area (Å²) in [6, 6.07) is 7.80. The molecule has 16 heavy (non-hydrogen) atoms. The average Bonchev–Trinajstić information content (AvgIpc) is 2.69. The molecule has 0 saturated heterocycles. The zero-order valence-corrected chi connectivity index (χ0v) is 10.1. The third-order valence-corrected chi connectivity index (χ3v) is 3.48. The molecule has 1 aliphatic rings. The van der Waals surface area contributed by atoms with Crippen LogP contribution in [0, 0.1) is 0 Å². The number of aliphatic hydroxyl groups is 1. The predicted octanol–water partition coefficient (Wildman–Crippen LogP) is 2.73. The minimum absolute atomic E-state index is 0.466. The zero-order chi connectivity index (χ0) is 11.4. The molecule has 0 heterocycles. The van der Waals surface area contributed by atoms with Gasteiger partial charge in [-0.1, -0.05) is 36.6 Å². The Balaban J connectivity index is 1.77. The van der Waals surface area contributed by atoms with E-state index >= 15 is 0 Å². The van der Waals surface area contributed by atoms with Gasteiger partial charge in [0.1, 0.15) is 0 Å². The van der Waals surface area contributed by atoms with Crippen molar-refractivity contribution >= 4 is 11.6 Å². The third-order valence-electron chi connectivity index (χ3n) is 3.23. The van der Waals surface area contributed by atoms with E-state index in [1.165, 1.54) is 5.56 Å². The van der Waals surface area contributed by atoms with Crippen LogP contribution in [0.1, 0.15) is 31.2 Å². The van der Waals surface area contributed by atoms with Crippen molar-refractivity contribution in [1.82, 2.24) is 5.32 Å². The first kappa shape index (κ1) is 11.9. The summed E-state index contributed by atoms with van der Waals surface area (Å²) >= 11 is 5.81. The minimum Gasteiger partial charge on any atom is -0.389 e. The molecule has 2 N–H and O–H groups in total. The van der Waals surface area contributed by atoms with Crippen molar-refractivity contribution in [2.24, 2.45) is 0 Å². The second kappa shape index (κ2) is 5.17. The Morgan fingerprint density at radius 1 is 1.19 bits per heavy atom. The van der Waals surface area contributed by atoms with Gasteiger partial charge in [-0.05, 0) is 30.5 Å². The van der Waals surface area contributed by atoms with Crippen LogP contribution in [0.25, 0.3) is 0 Å². The molecule has 0 amide bonds. The molecule has 0 radical (unpaired) electrons. The Kier molecular flexibility index (Phi) is 3.85. The second-order valence-corrected chi connectivity index (χ2v) is 5.10. The molecule has 0 aromatic heterocycles. The largest absolute Gasteiger partial charge is 0.389 e. The monoisotopic (exact) mass is 239 g/mol. The first-order valence-electron chi connectivity index (χ1n) is 5.86. The number of halogens is 1. The average molecular weight is 240 g/mol. The van der Waals surface area contributed by atoms with Crippen molar-refractivity contribution < 1.29 is 5.11 Å². The van der Waals surface area contributed by atoms with Crippen molar-refractivity contribution in [1.29, 1.82) is 0 Å². The van der Waals surface area contributed by atoms with Gasteiger partial charge in [0.05, 0.1) is 5.60 Å². The molecule has 88 valence electrons. The maximum atomic E-state index is 10.1. The van der Waals surface area contributed by atoms with Crippen molar-refractivity contribution in [3.8, 4) is 0 Å². The van der Waals surface area contributed by atoms with Gasteiger partial charge in [-0.2, -0.15) is 0 Å². The van der Waals surface area contributed by atoms with Crippen LogP contribution < -0.4 is 5.32 Å². The molecular formula is C13H18ClNO. The van der Waals surface area contributed by atoms with Crippen LogP contribution in [-0.2, 0) is 6.54 Å². The lowest BCUT2D eigenvalue weighted by molar-refractivity contribution is 0.0475. The summed E-state index contributed by atoms with van der Waals surface area (Å²) in [6.07, 6.45) is 4.17. The Bertz CT molecular complexity index is 330. The van der Waals surface area contributed by atoms with E-state index in [-0.39, 0.29) is 0 Å². The molecule has 1 aromatic carbocycles. The van der Waals surface area contributed by atoms with Crippen LogP contribution in [0.5, 0.6) is 0 Å². The molecule has 1 aromatic rings. The Morgan fingerprint density at radius 2 is 1.81 bits per heavy atom. The lowest BCUT2D eigenvalue weighted by atomic mass is 10.0. The number of hydrogen-bond acceptors (Lipinski definition) is 2. The number of rotatable bonds is 4. The SMILES string of the molecule is OC1(CNCc2ccc(Cl)cc2)CCCC1. The summed E-state index contributed by atoms with van der Waals surface area (Å²) in [4.78, 5) is 0. The van der Waals surface area contributed by atoms with Crippen LogP contribution in [0.3, 0.4) is 0 Å². The third kappa shape index (κ3) is 3.21. The molecule has 1 fully saturated rings. The summed E-state index contributed by atoms with van der Waals surface area (Å²) in [7, 11) is 0. The number of hydrogen-bond donors (Lipinski definition) is 2. The van der Waals surface area contributed by atoms with Gasteiger partial charge in [0, 0.05) is 18.1 Å². The highest BCUT2D eigenvalue weighted by atomic mass is 35.5. The smallest absolute Gasteiger partial charge is 0.0771 e. The maximum absolute atomic E-state index is 10.1. The molecular weight excluding hydrogens is 222 g/mol. The highest BCUT2D eigenvalue weighted by molar-refractivity contribution is 6.30. The summed E-state index contributed by atoms with van der Waals surface area (Å²) in [5, 5.41) is 14.2. The predicted molar refractivity (Wildman–Crippen MR) is 66.6 cm³/mol. The quantitative estimate of drug-likeness (QED) is 0.847. The van der Waals surface area contributed by atoms with E-state index in [0.717, 1.165) is 37.3 Å². The Morgan fingerprint density at radius 3 is 2.44 bits per heavy atom. The summed E-state index contributed by atoms with van der Waals surface area (Å²) in [5.41, 5.74) is 0.734. The number of benzene rings is 1. The van der Waals surface area contributed by atoms with Crippen LogP contribution >= 0.6 is 11.6 Å². The van der Waals surface area contributed by atoms with Crippen LogP contribution in [-0.4, -0.2) is 17.3 Å². The fraction of sp³-hybridized carbons (Fsp3) is 0.538. The highest BCUT2D eigenvalue weighted by Gasteiger charge is 2.30. The van der Waals surface area contributed by atoms with Gasteiger partial charge in [0.2, 0.25) is 0 Å². The van der Waals surface area contributed by atoms with E-state index in [0.29, 0.717) is 6.54 Å². The standard InChI is InChI=1S/C13H18ClNO/c14-12-5-3-11(4-6-12)9-15-10-13(16)7-1-2-8-13/h3-6,15-16H,1-2,7-10H2. The van der Waals surface area contributed by atoms with Crippen molar-refractivity contribution in [3.63, 3.8) is 0 Å². The molecule has 0 spiro atoms. The maximum Gasteiger partial charge on any atom is 0.0771 e. The van der Waals surface area contributed by atoms with E-state index in [4.69, 9.17) is 11.6 Å². The summed E-state index contributed by atoms with van der Waals surface area (Å²) < 4.78 is 0. The van der Waals surface area contributed by atoms with Gasteiger partial charge in [0.15, 0.2) is 0 Å². The molecule has 1 saturated carbocycles. The molecule has 1 aliphatic carbocycles. The molecule has 0 aliphatic heterocycles. The van der Waals surface area contributed by atoms with Crippen LogP contribution in [0.2, 0.25) is 5.02 Å². The summed E-state index contributed by atoms with van der Waals surface area (Å²) in [6.45, 7) is 1.48. The zero-order valence-electron chi connectivity index (χ0n) is 9.38. The highest BCUT2D eigenvalue weighted by Crippen LogP contribution is 2.28. The molecule has 0 bridgehead atoms. The second-order valence-electron chi connectivity index (χ2n) is 4.66. The Hall–Kier alpha value is -0.570. The van der Waals surface area contributed by atoms with E-state index in [2.05, 4.69) is 5.32 Å². The fourth-order valence-corrected chi connectivity index (χ4v) is 2.38. The topological polar surface area (TPSA) is 32.3 Å². The van der Waals surface area contributed by atoms with Gasteiger partial charge in [-0.3, -0.25) is 0 Å². The molecule has 3 heteroatoms. The van der Waals surface area contributed by atoms with E-state index in [1.54, 1.807) is 0 Å². The van der Waals surface area contributed by atoms with E-state index in [9.17, 15) is 5.11 Å². The summed E-state index contributed by atoms with van der Waals surface area (Å²) in [5.74, 6) is 0. The van der Waals surface area contributed by atoms with Gasteiger partial charge in [0.25, 0.3) is 0 Å². The van der Waals surface area contributed by atoms with Gasteiger partial charge >= 0.3 is 0 Å². The Labute approximate surface area is 102 Å². The molecule has 2 rings (SSSR count). The normalized spacial score (nSPS) is 18.9. The van der Waals surface area contributed by atoms with Gasteiger partial charge in [-0.25, -0.2) is 0 Å². The van der Waals surface area contributed by atoms with Crippen molar-refractivity contribution in [2.75, 3.05) is 6.54 Å².